The van der Waals surface area contributed by atoms with Crippen molar-refractivity contribution in [2.75, 3.05) is 24.7 Å². The van der Waals surface area contributed by atoms with Gasteiger partial charge in [0.2, 0.25) is 16.0 Å². The number of nitrogens with one attached hydrogen (secondary N) is 1. The number of aliphatic hydroxyl groups excluding tert-OH is 1. The van der Waals surface area contributed by atoms with Crippen LogP contribution in [0.5, 0.6) is 0 Å². The van der Waals surface area contributed by atoms with E-state index in [1.54, 1.807) is 6.92 Å². The number of anilines is 1. The number of piperidine rings is 1. The molecule has 1 saturated carbocycles. The molecule has 1 saturated heterocycles. The molecular weight excluding hydrogens is 444 g/mol. The number of alkyl halides is 2. The van der Waals surface area contributed by atoms with Crippen molar-refractivity contribution >= 4 is 27.0 Å². The van der Waals surface area contributed by atoms with Crippen molar-refractivity contribution in [1.82, 2.24) is 18.8 Å². The van der Waals surface area contributed by atoms with Crippen LogP contribution in [0.1, 0.15) is 57.4 Å². The summed E-state index contributed by atoms with van der Waals surface area (Å²) < 4.78 is 94.0. The summed E-state index contributed by atoms with van der Waals surface area (Å²) in [4.78, 5) is 21.4. The van der Waals surface area contributed by atoms with Crippen LogP contribution in [0, 0.1) is 5.92 Å². The van der Waals surface area contributed by atoms with E-state index in [9.17, 15) is 27.1 Å². The Bertz CT molecular complexity index is 1370. The first-order chi connectivity index (χ1) is 16.8. The number of rotatable bonds is 5. The Balaban J connectivity index is 1.82. The van der Waals surface area contributed by atoms with E-state index in [2.05, 4.69) is 15.3 Å². The number of pyridine rings is 1. The molecule has 176 valence electrons. The average molecular weight is 477 g/mol. The van der Waals surface area contributed by atoms with Crippen LogP contribution in [0.25, 0.3) is 11.0 Å². The highest BCUT2D eigenvalue weighted by Crippen LogP contribution is 2.37. The van der Waals surface area contributed by atoms with Gasteiger partial charge in [0.15, 0.2) is 0 Å². The molecule has 3 heterocycles. The van der Waals surface area contributed by atoms with Crippen molar-refractivity contribution in [2.24, 2.45) is 5.92 Å². The molecule has 9 nitrogen and oxygen atoms in total. The number of aromatic nitrogens is 3. The molecule has 0 radical (unpaired) electrons. The van der Waals surface area contributed by atoms with Gasteiger partial charge in [-0.15, -0.1) is 0 Å². The predicted molar refractivity (Wildman–Crippen MR) is 115 cm³/mol. The van der Waals surface area contributed by atoms with Crippen LogP contribution in [-0.4, -0.2) is 63.9 Å². The van der Waals surface area contributed by atoms with Gasteiger partial charge in [0.05, 0.1) is 17.9 Å². The lowest BCUT2D eigenvalue weighted by Gasteiger charge is -2.30. The van der Waals surface area contributed by atoms with Gasteiger partial charge < -0.3 is 10.4 Å². The van der Waals surface area contributed by atoms with Gasteiger partial charge >= 0.3 is 0 Å². The Kier molecular flexibility index (Phi) is 4.67. The summed E-state index contributed by atoms with van der Waals surface area (Å²) in [6.45, 7) is 0.409. The first-order valence-corrected chi connectivity index (χ1v) is 11.9. The first-order valence-electron chi connectivity index (χ1n) is 12.5. The number of fused-ring (bicyclic) bond motifs is 1. The number of halogens is 2. The second-order valence-electron chi connectivity index (χ2n) is 8.05. The van der Waals surface area contributed by atoms with Crippen molar-refractivity contribution in [2.45, 2.75) is 57.1 Å². The molecule has 1 aliphatic heterocycles. The molecule has 12 heteroatoms. The standard InChI is InChI=1S/C20H27F2N5O4S/c1-11-15(3-4-16(11)28)27-18-12(9-14(17(21)22)19(27)29)10-23-20(25-18)24-13-5-7-26(8-6-13)32(2,30)31/h9-11,13,15-17,28H,3-8H2,1-2H3,(H,23,24,25)/t11-,15-,16-/m0/s1/i5D2,6D2,17D. The normalized spacial score (nSPS) is 31.4. The van der Waals surface area contributed by atoms with Crippen molar-refractivity contribution in [1.29, 1.82) is 0 Å². The molecular formula is C20H27F2N5O4S. The molecule has 2 aliphatic rings. The topological polar surface area (TPSA) is 117 Å². The van der Waals surface area contributed by atoms with E-state index in [-0.39, 0.29) is 23.4 Å². The number of nitrogens with zero attached hydrogens (tertiary/aromatic N) is 4. The van der Waals surface area contributed by atoms with Crippen LogP contribution in [0.15, 0.2) is 17.1 Å². The minimum atomic E-state index is -4.20. The number of aliphatic hydroxyl groups is 1. The molecule has 0 unspecified atom stereocenters. The van der Waals surface area contributed by atoms with Crippen molar-refractivity contribution in [3.05, 3.63) is 28.2 Å². The lowest BCUT2D eigenvalue weighted by Crippen LogP contribution is -2.42. The van der Waals surface area contributed by atoms with Crippen molar-refractivity contribution in [3.8, 4) is 0 Å². The molecule has 2 N–H and O–H groups in total. The fourth-order valence-electron chi connectivity index (χ4n) is 4.10. The van der Waals surface area contributed by atoms with Gasteiger partial charge in [-0.05, 0) is 31.7 Å². The zero-order valence-electron chi connectivity index (χ0n) is 22.4. The molecule has 3 atom stereocenters. The van der Waals surface area contributed by atoms with Crippen molar-refractivity contribution in [3.63, 3.8) is 0 Å². The molecule has 2 aromatic rings. The third kappa shape index (κ3) is 4.35. The Morgan fingerprint density at radius 1 is 1.34 bits per heavy atom. The van der Waals surface area contributed by atoms with E-state index in [1.807, 2.05) is 0 Å². The molecule has 0 bridgehead atoms. The van der Waals surface area contributed by atoms with E-state index < -0.39 is 77.5 Å². The number of hydrogen-bond donors (Lipinski definition) is 2. The Morgan fingerprint density at radius 3 is 2.59 bits per heavy atom. The lowest BCUT2D eigenvalue weighted by atomic mass is 10.0. The molecule has 4 rings (SSSR count). The maximum Gasteiger partial charge on any atom is 0.269 e. The molecule has 2 fully saturated rings. The molecule has 32 heavy (non-hydrogen) atoms. The molecule has 0 spiro atoms. The first kappa shape index (κ1) is 17.3. The van der Waals surface area contributed by atoms with Gasteiger partial charge in [0.25, 0.3) is 12.0 Å². The SMILES string of the molecule is [2H]C(F)(F)c1cc2cnc(NC3C([2H])([2H])CN(S(C)(=O)=O)CC3([2H])[2H])nc2n([C@H]2CC[C@H](O)[C@H]2C)c1=O. The summed E-state index contributed by atoms with van der Waals surface area (Å²) in [7, 11) is -3.88. The van der Waals surface area contributed by atoms with Crippen LogP contribution >= 0.6 is 0 Å². The second-order valence-corrected chi connectivity index (χ2v) is 10.0. The van der Waals surface area contributed by atoms with Crippen LogP contribution < -0.4 is 10.9 Å². The quantitative estimate of drug-likeness (QED) is 0.677. The fourth-order valence-corrected chi connectivity index (χ4v) is 4.72. The second kappa shape index (κ2) is 8.64. The van der Waals surface area contributed by atoms with Gasteiger partial charge in [0.1, 0.15) is 7.02 Å². The van der Waals surface area contributed by atoms with Crippen LogP contribution in [0.4, 0.5) is 14.7 Å². The summed E-state index contributed by atoms with van der Waals surface area (Å²) in [5.41, 5.74) is -2.34. The Hall–Kier alpha value is -2.18. The Morgan fingerprint density at radius 2 is 2.03 bits per heavy atom. The minimum absolute atomic E-state index is 0.00131. The van der Waals surface area contributed by atoms with Crippen LogP contribution in [0.2, 0.25) is 0 Å². The predicted octanol–water partition coefficient (Wildman–Crippen LogP) is 1.90. The third-order valence-electron chi connectivity index (χ3n) is 5.97. The smallest absolute Gasteiger partial charge is 0.269 e. The molecule has 0 aromatic carbocycles. The van der Waals surface area contributed by atoms with Gasteiger partial charge in [-0.25, -0.2) is 26.5 Å². The average Bonchev–Trinajstić information content (AvgIpc) is 3.06. The summed E-state index contributed by atoms with van der Waals surface area (Å²) >= 11 is 0. The third-order valence-corrected chi connectivity index (χ3v) is 7.16. The summed E-state index contributed by atoms with van der Waals surface area (Å²) in [5.74, 6) is -0.798. The zero-order valence-corrected chi connectivity index (χ0v) is 18.2. The zero-order chi connectivity index (χ0) is 27.7. The van der Waals surface area contributed by atoms with Gasteiger partial charge in [-0.2, -0.15) is 4.98 Å². The maximum atomic E-state index is 14.0. The van der Waals surface area contributed by atoms with Crippen LogP contribution in [0.3, 0.4) is 0 Å². The van der Waals surface area contributed by atoms with Crippen molar-refractivity contribution < 1.29 is 29.2 Å². The highest BCUT2D eigenvalue weighted by atomic mass is 32.2. The van der Waals surface area contributed by atoms with E-state index in [1.165, 1.54) is 0 Å². The molecule has 0 amide bonds. The largest absolute Gasteiger partial charge is 0.393 e. The highest BCUT2D eigenvalue weighted by molar-refractivity contribution is 7.88. The van der Waals surface area contributed by atoms with E-state index in [0.717, 1.165) is 23.1 Å². The molecule has 2 aromatic heterocycles. The van der Waals surface area contributed by atoms with Gasteiger partial charge in [0, 0.05) is 48.2 Å². The molecule has 1 aliphatic carbocycles. The van der Waals surface area contributed by atoms with Gasteiger partial charge in [-0.1, -0.05) is 6.92 Å². The fraction of sp³-hybridized carbons (Fsp3) is 0.650. The maximum absolute atomic E-state index is 14.0. The van der Waals surface area contributed by atoms with E-state index in [4.69, 9.17) is 6.85 Å². The summed E-state index contributed by atoms with van der Waals surface area (Å²) in [6.07, 6.45) is -7.23. The minimum Gasteiger partial charge on any atom is -0.393 e. The van der Waals surface area contributed by atoms with E-state index in [0.29, 0.717) is 10.7 Å². The number of sulfonamides is 1. The lowest BCUT2D eigenvalue weighted by molar-refractivity contribution is 0.127. The van der Waals surface area contributed by atoms with E-state index >= 15 is 0 Å². The Labute approximate surface area is 191 Å². The number of hydrogen-bond acceptors (Lipinski definition) is 7. The monoisotopic (exact) mass is 476 g/mol. The summed E-state index contributed by atoms with van der Waals surface area (Å²) in [6, 6.07) is -1.50. The van der Waals surface area contributed by atoms with Gasteiger partial charge in [-0.3, -0.25) is 9.36 Å². The summed E-state index contributed by atoms with van der Waals surface area (Å²) in [5, 5.41) is 12.8. The highest BCUT2D eigenvalue weighted by Gasteiger charge is 2.35. The van der Waals surface area contributed by atoms with Crippen LogP contribution in [-0.2, 0) is 10.0 Å².